The molecule has 0 bridgehead atoms. The smallest absolute Gasteiger partial charge is 0.258 e. The second-order valence-electron chi connectivity index (χ2n) is 7.58. The number of halogens is 1. The molecule has 0 unspecified atom stereocenters. The largest absolute Gasteiger partial charge is 0.381 e. The van der Waals surface area contributed by atoms with Crippen molar-refractivity contribution in [1.29, 1.82) is 0 Å². The molecule has 10 heteroatoms. The number of rotatable bonds is 4. The lowest BCUT2D eigenvalue weighted by Crippen LogP contribution is -2.15. The third kappa shape index (κ3) is 3.90. The molecule has 5 rings (SSSR count). The van der Waals surface area contributed by atoms with Gasteiger partial charge in [0.2, 0.25) is 0 Å². The molecule has 5 aromatic rings. The Morgan fingerprint density at radius 2 is 1.94 bits per heavy atom. The molecule has 1 aromatic carbocycles. The first kappa shape index (κ1) is 20.7. The number of benzene rings is 1. The molecule has 0 fully saturated rings. The zero-order valence-electron chi connectivity index (χ0n) is 17.8. The van der Waals surface area contributed by atoms with Crippen LogP contribution in [0.15, 0.2) is 61.2 Å². The van der Waals surface area contributed by atoms with Crippen LogP contribution in [0.4, 0.5) is 11.6 Å². The minimum Gasteiger partial charge on any atom is -0.381 e. The van der Waals surface area contributed by atoms with Crippen molar-refractivity contribution in [2.24, 2.45) is 14.1 Å². The Hall–Kier alpha value is -4.24. The van der Waals surface area contributed by atoms with Gasteiger partial charge in [0.25, 0.3) is 5.91 Å². The average Bonchev–Trinajstić information content (AvgIpc) is 3.43. The lowest BCUT2D eigenvalue weighted by atomic mass is 10.0. The van der Waals surface area contributed by atoms with E-state index >= 15 is 0 Å². The number of amides is 1. The van der Waals surface area contributed by atoms with E-state index in [4.69, 9.17) is 22.3 Å². The molecule has 4 aromatic heterocycles. The molecule has 0 aliphatic carbocycles. The lowest BCUT2D eigenvalue weighted by molar-refractivity contribution is 0.102. The Kier molecular flexibility index (Phi) is 5.02. The van der Waals surface area contributed by atoms with Crippen LogP contribution in [0.2, 0.25) is 5.02 Å². The van der Waals surface area contributed by atoms with Crippen LogP contribution in [0.3, 0.4) is 0 Å². The summed E-state index contributed by atoms with van der Waals surface area (Å²) in [6, 6.07) is 11.0. The van der Waals surface area contributed by atoms with Gasteiger partial charge in [-0.25, -0.2) is 9.97 Å². The van der Waals surface area contributed by atoms with E-state index in [1.54, 1.807) is 46.2 Å². The fraction of sp³-hybridized carbons (Fsp3) is 0.0870. The zero-order valence-corrected chi connectivity index (χ0v) is 18.6. The van der Waals surface area contributed by atoms with E-state index in [2.05, 4.69) is 20.4 Å². The van der Waals surface area contributed by atoms with Crippen LogP contribution < -0.4 is 11.1 Å². The van der Waals surface area contributed by atoms with Gasteiger partial charge in [0.05, 0.1) is 16.1 Å². The minimum absolute atomic E-state index is 0.0808. The number of nitrogens with one attached hydrogen (secondary N) is 1. The predicted octanol–water partition coefficient (Wildman–Crippen LogP) is 3.92. The molecule has 164 valence electrons. The Morgan fingerprint density at radius 3 is 2.67 bits per heavy atom. The number of carbonyl (C=O) groups excluding carboxylic acids is 1. The van der Waals surface area contributed by atoms with Gasteiger partial charge in [0.15, 0.2) is 11.6 Å². The summed E-state index contributed by atoms with van der Waals surface area (Å²) in [5.74, 6) is -0.105. The van der Waals surface area contributed by atoms with Crippen LogP contribution in [-0.2, 0) is 14.1 Å². The van der Waals surface area contributed by atoms with Crippen molar-refractivity contribution in [3.63, 3.8) is 0 Å². The number of hydrogen-bond donors (Lipinski definition) is 2. The molecule has 3 N–H and O–H groups in total. The number of anilines is 2. The quantitative estimate of drug-likeness (QED) is 0.421. The van der Waals surface area contributed by atoms with Crippen molar-refractivity contribution in [2.45, 2.75) is 0 Å². The van der Waals surface area contributed by atoms with Crippen LogP contribution in [0.25, 0.3) is 33.5 Å². The maximum atomic E-state index is 12.7. The van der Waals surface area contributed by atoms with E-state index in [9.17, 15) is 4.79 Å². The molecule has 0 atom stereocenters. The van der Waals surface area contributed by atoms with Crippen LogP contribution in [-0.4, -0.2) is 35.2 Å². The Morgan fingerprint density at radius 1 is 1.09 bits per heavy atom. The molecule has 4 heterocycles. The minimum atomic E-state index is -0.339. The van der Waals surface area contributed by atoms with Crippen molar-refractivity contribution in [2.75, 3.05) is 11.1 Å². The highest BCUT2D eigenvalue weighted by molar-refractivity contribution is 6.35. The van der Waals surface area contributed by atoms with Crippen molar-refractivity contribution >= 4 is 40.0 Å². The maximum Gasteiger partial charge on any atom is 0.258 e. The second kappa shape index (κ2) is 8.03. The zero-order chi connectivity index (χ0) is 23.1. The van der Waals surface area contributed by atoms with Gasteiger partial charge in [-0.1, -0.05) is 17.7 Å². The molecule has 0 spiro atoms. The van der Waals surface area contributed by atoms with Gasteiger partial charge in [-0.3, -0.25) is 14.5 Å². The van der Waals surface area contributed by atoms with E-state index < -0.39 is 0 Å². The van der Waals surface area contributed by atoms with E-state index in [1.807, 2.05) is 38.4 Å². The summed E-state index contributed by atoms with van der Waals surface area (Å²) in [5.41, 5.74) is 9.62. The predicted molar refractivity (Wildman–Crippen MR) is 128 cm³/mol. The van der Waals surface area contributed by atoms with Crippen molar-refractivity contribution in [1.82, 2.24) is 29.3 Å². The average molecular weight is 459 g/mol. The number of aromatic nitrogens is 6. The molecule has 0 aliphatic rings. The van der Waals surface area contributed by atoms with Crippen LogP contribution in [0.5, 0.6) is 0 Å². The van der Waals surface area contributed by atoms with Gasteiger partial charge in [-0.05, 0) is 30.3 Å². The third-order valence-electron chi connectivity index (χ3n) is 5.14. The van der Waals surface area contributed by atoms with Gasteiger partial charge in [0, 0.05) is 49.8 Å². The van der Waals surface area contributed by atoms with Gasteiger partial charge in [0.1, 0.15) is 17.1 Å². The first-order valence-electron chi connectivity index (χ1n) is 10.0. The molecule has 0 aliphatic heterocycles. The Balaban J connectivity index is 1.67. The molecule has 0 saturated heterocycles. The molecule has 9 nitrogen and oxygen atoms in total. The number of nitrogens with zero attached hydrogens (tertiary/aromatic N) is 6. The SMILES string of the molecule is Cn1ccc(C(=O)Nc2nc(-c3cc(Cl)c4ncccc4c3)c(-c3ccn(C)n3)nc2N)c1. The highest BCUT2D eigenvalue weighted by atomic mass is 35.5. The number of hydrogen-bond acceptors (Lipinski definition) is 6. The number of nitrogen functional groups attached to an aromatic ring is 1. The molecule has 0 saturated carbocycles. The van der Waals surface area contributed by atoms with Crippen LogP contribution >= 0.6 is 11.6 Å². The number of fused-ring (bicyclic) bond motifs is 1. The second-order valence-corrected chi connectivity index (χ2v) is 7.99. The highest BCUT2D eigenvalue weighted by Crippen LogP contribution is 2.35. The van der Waals surface area contributed by atoms with Gasteiger partial charge in [-0.2, -0.15) is 5.10 Å². The number of pyridine rings is 1. The maximum absolute atomic E-state index is 12.7. The number of nitrogens with two attached hydrogens (primary N) is 1. The van der Waals surface area contributed by atoms with Gasteiger partial charge >= 0.3 is 0 Å². The first-order valence-corrected chi connectivity index (χ1v) is 10.4. The van der Waals surface area contributed by atoms with Gasteiger partial charge in [-0.15, -0.1) is 0 Å². The summed E-state index contributed by atoms with van der Waals surface area (Å²) in [5, 5.41) is 8.54. The topological polar surface area (TPSA) is 117 Å². The lowest BCUT2D eigenvalue weighted by Gasteiger charge is -2.13. The normalized spacial score (nSPS) is 11.1. The van der Waals surface area contributed by atoms with Crippen LogP contribution in [0, 0.1) is 0 Å². The van der Waals surface area contributed by atoms with Crippen LogP contribution in [0.1, 0.15) is 10.4 Å². The molecular weight excluding hydrogens is 440 g/mol. The highest BCUT2D eigenvalue weighted by Gasteiger charge is 2.20. The van der Waals surface area contributed by atoms with E-state index in [-0.39, 0.29) is 17.5 Å². The Labute approximate surface area is 193 Å². The summed E-state index contributed by atoms with van der Waals surface area (Å²) < 4.78 is 3.45. The summed E-state index contributed by atoms with van der Waals surface area (Å²) in [6.45, 7) is 0. The van der Waals surface area contributed by atoms with Crippen molar-refractivity contribution in [3.8, 4) is 22.6 Å². The Bertz CT molecular complexity index is 1520. The number of aryl methyl sites for hydroxylation is 2. The summed E-state index contributed by atoms with van der Waals surface area (Å²) >= 11 is 6.53. The van der Waals surface area contributed by atoms with Crippen molar-refractivity contribution in [3.05, 3.63) is 71.8 Å². The fourth-order valence-electron chi connectivity index (χ4n) is 3.56. The van der Waals surface area contributed by atoms with E-state index in [0.29, 0.717) is 38.7 Å². The summed E-state index contributed by atoms with van der Waals surface area (Å²) in [7, 11) is 3.65. The third-order valence-corrected chi connectivity index (χ3v) is 5.43. The molecule has 33 heavy (non-hydrogen) atoms. The first-order chi connectivity index (χ1) is 15.9. The summed E-state index contributed by atoms with van der Waals surface area (Å²) in [6.07, 6.45) is 6.98. The summed E-state index contributed by atoms with van der Waals surface area (Å²) in [4.78, 5) is 26.3. The molecule has 1 amide bonds. The van der Waals surface area contributed by atoms with E-state index in [0.717, 1.165) is 5.39 Å². The molecule has 0 radical (unpaired) electrons. The molecular formula is C23H19ClN8O. The standard InChI is InChI=1S/C23H19ClN8O/c1-31-8-5-14(12-31)23(33)29-22-21(25)27-20(17-6-9-32(2)30-17)19(28-22)15-10-13-4-3-7-26-18(13)16(24)11-15/h3-12H,1-2H3,(H2,25,27)(H,28,29,33). The number of carbonyl (C=O) groups is 1. The van der Waals surface area contributed by atoms with E-state index in [1.165, 1.54) is 0 Å². The monoisotopic (exact) mass is 458 g/mol. The van der Waals surface area contributed by atoms with Crippen molar-refractivity contribution < 1.29 is 4.79 Å². The fourth-order valence-corrected chi connectivity index (χ4v) is 3.84. The van der Waals surface area contributed by atoms with Gasteiger partial charge < -0.3 is 15.6 Å².